The molecule has 45 heavy (non-hydrogen) atoms. The van der Waals surface area contributed by atoms with E-state index in [-0.39, 0.29) is 0 Å². The van der Waals surface area contributed by atoms with Gasteiger partial charge in [0.25, 0.3) is 0 Å². The van der Waals surface area contributed by atoms with Gasteiger partial charge in [0, 0.05) is 43.7 Å². The van der Waals surface area contributed by atoms with E-state index < -0.39 is 0 Å². The van der Waals surface area contributed by atoms with Crippen LogP contribution in [0.15, 0.2) is 162 Å². The molecular formula is C42H26N2O. The van der Waals surface area contributed by atoms with Crippen LogP contribution in [0.1, 0.15) is 0 Å². The van der Waals surface area contributed by atoms with Crippen molar-refractivity contribution >= 4 is 65.6 Å². The van der Waals surface area contributed by atoms with Crippen molar-refractivity contribution in [2.45, 2.75) is 0 Å². The summed E-state index contributed by atoms with van der Waals surface area (Å²) in [4.78, 5) is 0. The molecule has 0 fully saturated rings. The number of hydrogen-bond acceptors (Lipinski definition) is 1. The Balaban J connectivity index is 1.35. The monoisotopic (exact) mass is 574 g/mol. The third kappa shape index (κ3) is 3.41. The number of fused-ring (bicyclic) bond motifs is 10. The van der Waals surface area contributed by atoms with E-state index >= 15 is 0 Å². The van der Waals surface area contributed by atoms with Crippen LogP contribution in [0.25, 0.3) is 88.1 Å². The molecule has 0 aliphatic heterocycles. The van der Waals surface area contributed by atoms with Gasteiger partial charge in [0.15, 0.2) is 5.58 Å². The van der Waals surface area contributed by atoms with E-state index in [0.717, 1.165) is 38.8 Å². The summed E-state index contributed by atoms with van der Waals surface area (Å²) in [5.74, 6) is 0. The third-order valence-corrected chi connectivity index (χ3v) is 9.29. The predicted octanol–water partition coefficient (Wildman–Crippen LogP) is 11.4. The number of benzene rings is 7. The average Bonchev–Trinajstić information content (AvgIpc) is 3.76. The topological polar surface area (TPSA) is 23.0 Å². The van der Waals surface area contributed by atoms with Crippen LogP contribution in [0.4, 0.5) is 0 Å². The second-order valence-corrected chi connectivity index (χ2v) is 11.7. The summed E-state index contributed by atoms with van der Waals surface area (Å²) >= 11 is 0. The molecule has 210 valence electrons. The molecular weight excluding hydrogens is 548 g/mol. The first-order valence-electron chi connectivity index (χ1n) is 15.4. The summed E-state index contributed by atoms with van der Waals surface area (Å²) < 4.78 is 11.5. The van der Waals surface area contributed by atoms with Crippen molar-refractivity contribution in [3.63, 3.8) is 0 Å². The van der Waals surface area contributed by atoms with Crippen LogP contribution in [0.5, 0.6) is 0 Å². The molecule has 0 bridgehead atoms. The molecule has 3 aromatic heterocycles. The summed E-state index contributed by atoms with van der Waals surface area (Å²) in [7, 11) is 0. The van der Waals surface area contributed by atoms with Crippen molar-refractivity contribution in [2.75, 3.05) is 0 Å². The SMILES string of the molecule is c1ccc(-n2c3ccccc3c3cc(-c4cc5c6ccccc6n(-c6ccccc6)c5c5oc6ccccc6c45)ccc32)cc1. The molecule has 0 N–H and O–H groups in total. The molecule has 0 saturated carbocycles. The third-order valence-electron chi connectivity index (χ3n) is 9.29. The average molecular weight is 575 g/mol. The minimum atomic E-state index is 0.896. The number of furan rings is 1. The lowest BCUT2D eigenvalue weighted by Gasteiger charge is -2.11. The van der Waals surface area contributed by atoms with Gasteiger partial charge in [-0.15, -0.1) is 0 Å². The fourth-order valence-corrected chi connectivity index (χ4v) is 7.40. The molecule has 7 aromatic carbocycles. The highest BCUT2D eigenvalue weighted by Crippen LogP contribution is 2.46. The first-order valence-corrected chi connectivity index (χ1v) is 15.4. The molecule has 0 atom stereocenters. The highest BCUT2D eigenvalue weighted by Gasteiger charge is 2.23. The summed E-state index contributed by atoms with van der Waals surface area (Å²) in [6.45, 7) is 0. The summed E-state index contributed by atoms with van der Waals surface area (Å²) in [6, 6.07) is 56.4. The van der Waals surface area contributed by atoms with Crippen LogP contribution in [-0.2, 0) is 0 Å². The van der Waals surface area contributed by atoms with E-state index in [1.165, 1.54) is 49.2 Å². The van der Waals surface area contributed by atoms with Crippen LogP contribution in [0.2, 0.25) is 0 Å². The Labute approximate surface area is 258 Å². The summed E-state index contributed by atoms with van der Waals surface area (Å²) in [5, 5.41) is 7.14. The highest BCUT2D eigenvalue weighted by atomic mass is 16.3. The molecule has 0 saturated heterocycles. The first kappa shape index (κ1) is 24.4. The summed E-state index contributed by atoms with van der Waals surface area (Å²) in [6.07, 6.45) is 0. The molecule has 0 aliphatic carbocycles. The quantitative estimate of drug-likeness (QED) is 0.206. The fourth-order valence-electron chi connectivity index (χ4n) is 7.40. The second-order valence-electron chi connectivity index (χ2n) is 11.7. The van der Waals surface area contributed by atoms with Gasteiger partial charge in [-0.25, -0.2) is 0 Å². The normalized spacial score (nSPS) is 12.0. The predicted molar refractivity (Wildman–Crippen MR) is 188 cm³/mol. The van der Waals surface area contributed by atoms with Gasteiger partial charge in [-0.05, 0) is 71.8 Å². The highest BCUT2D eigenvalue weighted by molar-refractivity contribution is 6.26. The molecule has 3 nitrogen and oxygen atoms in total. The zero-order chi connectivity index (χ0) is 29.5. The van der Waals surface area contributed by atoms with Crippen LogP contribution in [-0.4, -0.2) is 9.13 Å². The van der Waals surface area contributed by atoms with Crippen LogP contribution >= 0.6 is 0 Å². The van der Waals surface area contributed by atoms with Crippen molar-refractivity contribution < 1.29 is 4.42 Å². The standard InChI is InChI=1S/C42H26N2O/c1-3-13-28(14-4-1)43-36-20-10-7-17-30(36)34-25-27(23-24-38(34)43)33-26-35-31-18-8-11-21-37(31)44(29-15-5-2-6-16-29)41(35)42-40(33)32-19-9-12-22-39(32)45-42/h1-26H. The van der Waals surface area contributed by atoms with E-state index in [9.17, 15) is 0 Å². The van der Waals surface area contributed by atoms with Crippen molar-refractivity contribution in [1.29, 1.82) is 0 Å². The van der Waals surface area contributed by atoms with Crippen LogP contribution < -0.4 is 0 Å². The second kappa shape index (κ2) is 9.22. The van der Waals surface area contributed by atoms with Crippen LogP contribution in [0.3, 0.4) is 0 Å². The Morgan fingerprint density at radius 1 is 0.400 bits per heavy atom. The lowest BCUT2D eigenvalue weighted by molar-refractivity contribution is 0.671. The molecule has 3 heterocycles. The molecule has 0 spiro atoms. The van der Waals surface area contributed by atoms with Crippen molar-refractivity contribution in [3.05, 3.63) is 158 Å². The largest absolute Gasteiger partial charge is 0.454 e. The van der Waals surface area contributed by atoms with E-state index in [1.807, 2.05) is 0 Å². The van der Waals surface area contributed by atoms with Gasteiger partial charge in [0.2, 0.25) is 0 Å². The molecule has 3 heteroatoms. The van der Waals surface area contributed by atoms with Gasteiger partial charge in [-0.2, -0.15) is 0 Å². The number of hydrogen-bond donors (Lipinski definition) is 0. The van der Waals surface area contributed by atoms with Gasteiger partial charge in [-0.1, -0.05) is 97.1 Å². The van der Waals surface area contributed by atoms with Crippen molar-refractivity contribution in [1.82, 2.24) is 9.13 Å². The number of rotatable bonds is 3. The smallest absolute Gasteiger partial charge is 0.160 e. The fraction of sp³-hybridized carbons (Fsp3) is 0. The maximum atomic E-state index is 6.81. The van der Waals surface area contributed by atoms with E-state index in [4.69, 9.17) is 4.42 Å². The lowest BCUT2D eigenvalue weighted by atomic mass is 9.95. The Kier molecular flexibility index (Phi) is 5.00. The maximum Gasteiger partial charge on any atom is 0.160 e. The Morgan fingerprint density at radius 2 is 0.956 bits per heavy atom. The molecule has 10 aromatic rings. The van der Waals surface area contributed by atoms with E-state index in [0.29, 0.717) is 0 Å². The van der Waals surface area contributed by atoms with Gasteiger partial charge < -0.3 is 13.6 Å². The molecule has 0 unspecified atom stereocenters. The lowest BCUT2D eigenvalue weighted by Crippen LogP contribution is -1.94. The first-order chi connectivity index (χ1) is 22.3. The van der Waals surface area contributed by atoms with Gasteiger partial charge in [-0.3, -0.25) is 0 Å². The molecule has 0 aliphatic rings. The molecule has 0 amide bonds. The number of aromatic nitrogens is 2. The summed E-state index contributed by atoms with van der Waals surface area (Å²) in [5.41, 5.74) is 11.1. The van der Waals surface area contributed by atoms with Gasteiger partial charge in [0.1, 0.15) is 5.58 Å². The van der Waals surface area contributed by atoms with Crippen molar-refractivity contribution in [3.8, 4) is 22.5 Å². The molecule has 0 radical (unpaired) electrons. The van der Waals surface area contributed by atoms with E-state index in [1.54, 1.807) is 0 Å². The number of para-hydroxylation sites is 5. The van der Waals surface area contributed by atoms with Crippen LogP contribution in [0, 0.1) is 0 Å². The number of nitrogens with zero attached hydrogens (tertiary/aromatic N) is 2. The van der Waals surface area contributed by atoms with Gasteiger partial charge >= 0.3 is 0 Å². The van der Waals surface area contributed by atoms with Crippen molar-refractivity contribution in [2.24, 2.45) is 0 Å². The minimum Gasteiger partial charge on any atom is -0.454 e. The molecule has 10 rings (SSSR count). The Morgan fingerprint density at radius 3 is 1.69 bits per heavy atom. The van der Waals surface area contributed by atoms with Gasteiger partial charge in [0.05, 0.1) is 22.1 Å². The Bertz CT molecular complexity index is 2740. The van der Waals surface area contributed by atoms with E-state index in [2.05, 4.69) is 167 Å². The zero-order valence-corrected chi connectivity index (χ0v) is 24.3. The maximum absolute atomic E-state index is 6.81. The minimum absolute atomic E-state index is 0.896. The Hall–Kier alpha value is -6.06. The zero-order valence-electron chi connectivity index (χ0n) is 24.3.